The first-order valence-electron chi connectivity index (χ1n) is 8.92. The van der Waals surface area contributed by atoms with Crippen LogP contribution < -0.4 is 9.80 Å². The van der Waals surface area contributed by atoms with Gasteiger partial charge in [-0.1, -0.05) is 6.92 Å². The molecule has 7 heteroatoms. The topological polar surface area (TPSA) is 50.1 Å². The molecule has 26 heavy (non-hydrogen) atoms. The lowest BCUT2D eigenvalue weighted by Gasteiger charge is -2.23. The number of hydrogen-bond acceptors (Lipinski definition) is 5. The average molecular weight is 356 g/mol. The molecule has 0 aliphatic carbocycles. The maximum Gasteiger partial charge on any atom is 0.134 e. The van der Waals surface area contributed by atoms with Gasteiger partial charge in [-0.05, 0) is 30.9 Å². The predicted octanol–water partition coefficient (Wildman–Crippen LogP) is 3.45. The molecule has 1 aliphatic heterocycles. The molecule has 0 saturated carbocycles. The van der Waals surface area contributed by atoms with E-state index in [1.165, 1.54) is 18.4 Å². The third-order valence-corrected chi connectivity index (χ3v) is 5.06. The van der Waals surface area contributed by atoms with Crippen molar-refractivity contribution < 1.29 is 4.70 Å². The Bertz CT molecular complexity index is 900. The van der Waals surface area contributed by atoms with Crippen molar-refractivity contribution in [2.24, 2.45) is 7.05 Å². The largest absolute Gasteiger partial charge is 0.357 e. The molecule has 0 amide bonds. The normalized spacial score (nSPS) is 13.9. The van der Waals surface area contributed by atoms with Gasteiger partial charge < -0.3 is 14.4 Å². The van der Waals surface area contributed by atoms with Crippen LogP contribution in [0.2, 0.25) is 0 Å². The maximum absolute atomic E-state index is 4.72. The fraction of sp³-hybridized carbons (Fsp3) is 0.421. The highest BCUT2D eigenvalue weighted by atomic mass is 19.0. The molecule has 3 aromatic rings. The number of rotatable bonds is 4. The fourth-order valence-corrected chi connectivity index (χ4v) is 3.51. The molecule has 0 radical (unpaired) electrons. The minimum Gasteiger partial charge on any atom is -0.357 e. The maximum atomic E-state index is 4.72. The van der Waals surface area contributed by atoms with Crippen LogP contribution in [0.25, 0.3) is 11.0 Å². The van der Waals surface area contributed by atoms with E-state index in [0.717, 1.165) is 47.9 Å². The summed E-state index contributed by atoms with van der Waals surface area (Å²) in [5.41, 5.74) is 4.40. The van der Waals surface area contributed by atoms with Crippen LogP contribution in [0.5, 0.6) is 0 Å². The number of anilines is 3. The summed E-state index contributed by atoms with van der Waals surface area (Å²) in [6, 6.07) is 4.32. The van der Waals surface area contributed by atoms with Crippen LogP contribution in [0.1, 0.15) is 25.3 Å². The molecule has 138 valence electrons. The lowest BCUT2D eigenvalue weighted by Crippen LogP contribution is -2.20. The van der Waals surface area contributed by atoms with Crippen LogP contribution in [-0.4, -0.2) is 39.7 Å². The molecule has 4 heterocycles. The Morgan fingerprint density at radius 3 is 2.58 bits per heavy atom. The predicted molar refractivity (Wildman–Crippen MR) is 104 cm³/mol. The zero-order valence-electron chi connectivity index (χ0n) is 15.5. The second-order valence-electron chi connectivity index (χ2n) is 6.66. The van der Waals surface area contributed by atoms with E-state index in [1.807, 2.05) is 30.3 Å². The molecular weight excluding hydrogens is 331 g/mol. The summed E-state index contributed by atoms with van der Waals surface area (Å²) >= 11 is 0. The monoisotopic (exact) mass is 356 g/mol. The fourth-order valence-electron chi connectivity index (χ4n) is 3.51. The lowest BCUT2D eigenvalue weighted by atomic mass is 10.1. The summed E-state index contributed by atoms with van der Waals surface area (Å²) < 4.78 is 2.02. The summed E-state index contributed by atoms with van der Waals surface area (Å²) in [7, 11) is 4.05. The second-order valence-corrected chi connectivity index (χ2v) is 6.66. The summed E-state index contributed by atoms with van der Waals surface area (Å²) in [6.07, 6.45) is 9.14. The number of aryl methyl sites for hydroxylation is 2. The molecule has 1 saturated heterocycles. The van der Waals surface area contributed by atoms with Gasteiger partial charge in [-0.2, -0.15) is 0 Å². The molecule has 3 aromatic heterocycles. The number of nitrogens with zero attached hydrogens (tertiary/aromatic N) is 6. The SMILES string of the molecule is CCc1cc(N2CCCC2)ncc1N(C)c1cc2c(cn1)ncn2C.F. The number of fused-ring (bicyclic) bond motifs is 1. The van der Waals surface area contributed by atoms with Crippen LogP contribution in [0.4, 0.5) is 22.0 Å². The van der Waals surface area contributed by atoms with Crippen molar-refractivity contribution in [2.75, 3.05) is 29.9 Å². The van der Waals surface area contributed by atoms with Crippen molar-refractivity contribution in [3.63, 3.8) is 0 Å². The van der Waals surface area contributed by atoms with E-state index in [2.05, 4.69) is 45.9 Å². The molecule has 0 unspecified atom stereocenters. The van der Waals surface area contributed by atoms with Gasteiger partial charge in [-0.3, -0.25) is 4.70 Å². The van der Waals surface area contributed by atoms with Gasteiger partial charge in [0.25, 0.3) is 0 Å². The second kappa shape index (κ2) is 7.27. The molecule has 0 spiro atoms. The molecule has 6 nitrogen and oxygen atoms in total. The van der Waals surface area contributed by atoms with Crippen LogP contribution >= 0.6 is 0 Å². The van der Waals surface area contributed by atoms with Gasteiger partial charge in [0.15, 0.2) is 0 Å². The van der Waals surface area contributed by atoms with Crippen LogP contribution in [0, 0.1) is 0 Å². The van der Waals surface area contributed by atoms with Gasteiger partial charge in [-0.25, -0.2) is 15.0 Å². The molecule has 4 rings (SSSR count). The van der Waals surface area contributed by atoms with Crippen molar-refractivity contribution in [3.8, 4) is 0 Å². The van der Waals surface area contributed by atoms with Gasteiger partial charge in [-0.15, -0.1) is 0 Å². The first-order valence-corrected chi connectivity index (χ1v) is 8.92. The minimum atomic E-state index is 0. The van der Waals surface area contributed by atoms with Crippen molar-refractivity contribution in [2.45, 2.75) is 26.2 Å². The Hall–Kier alpha value is -2.70. The molecule has 1 fully saturated rings. The Morgan fingerprint density at radius 1 is 1.08 bits per heavy atom. The van der Waals surface area contributed by atoms with Gasteiger partial charge in [0, 0.05) is 33.3 Å². The number of pyridine rings is 2. The summed E-state index contributed by atoms with van der Waals surface area (Å²) in [5.74, 6) is 2.00. The van der Waals surface area contributed by atoms with Crippen molar-refractivity contribution in [3.05, 3.63) is 36.4 Å². The smallest absolute Gasteiger partial charge is 0.134 e. The highest BCUT2D eigenvalue weighted by Crippen LogP contribution is 2.30. The van der Waals surface area contributed by atoms with Gasteiger partial charge in [0.2, 0.25) is 0 Å². The van der Waals surface area contributed by atoms with E-state index in [9.17, 15) is 0 Å². The Balaban J connectivity index is 0.00000196. The van der Waals surface area contributed by atoms with Gasteiger partial charge in [0.1, 0.15) is 17.2 Å². The van der Waals surface area contributed by atoms with E-state index in [4.69, 9.17) is 4.98 Å². The number of halogens is 1. The highest BCUT2D eigenvalue weighted by Gasteiger charge is 2.17. The number of hydrogen-bond donors (Lipinski definition) is 0. The third-order valence-electron chi connectivity index (χ3n) is 5.06. The van der Waals surface area contributed by atoms with E-state index in [1.54, 1.807) is 0 Å². The van der Waals surface area contributed by atoms with Gasteiger partial charge >= 0.3 is 0 Å². The molecular formula is C19H25FN6. The summed E-state index contributed by atoms with van der Waals surface area (Å²) in [5, 5.41) is 0. The summed E-state index contributed by atoms with van der Waals surface area (Å²) in [6.45, 7) is 4.42. The van der Waals surface area contributed by atoms with E-state index in [0.29, 0.717) is 0 Å². The molecule has 0 atom stereocenters. The zero-order chi connectivity index (χ0) is 17.4. The van der Waals surface area contributed by atoms with Gasteiger partial charge in [0.05, 0.1) is 29.9 Å². The molecule has 0 N–H and O–H groups in total. The van der Waals surface area contributed by atoms with Crippen LogP contribution in [0.3, 0.4) is 0 Å². The third kappa shape index (κ3) is 3.09. The Kier molecular flexibility index (Phi) is 5.06. The first kappa shape index (κ1) is 18.1. The minimum absolute atomic E-state index is 0. The molecule has 0 bridgehead atoms. The highest BCUT2D eigenvalue weighted by molar-refractivity contribution is 5.79. The first-order chi connectivity index (χ1) is 12.2. The standard InChI is InChI=1S/C19H24N6.FH/c1-4-14-9-19(25-7-5-6-8-25)21-12-17(14)24(3)18-10-16-15(11-20-18)22-13-23(16)2;/h9-13H,4-8H2,1-3H3;1H. The van der Waals surface area contributed by atoms with E-state index < -0.39 is 0 Å². The quantitative estimate of drug-likeness (QED) is 0.717. The average Bonchev–Trinajstić information content (AvgIpc) is 3.31. The van der Waals surface area contributed by atoms with E-state index >= 15 is 0 Å². The van der Waals surface area contributed by atoms with Crippen molar-refractivity contribution in [1.82, 2.24) is 19.5 Å². The zero-order valence-corrected chi connectivity index (χ0v) is 15.5. The van der Waals surface area contributed by atoms with Crippen molar-refractivity contribution in [1.29, 1.82) is 0 Å². The summed E-state index contributed by atoms with van der Waals surface area (Å²) in [4.78, 5) is 18.1. The Labute approximate surface area is 152 Å². The van der Waals surface area contributed by atoms with Crippen LogP contribution in [0.15, 0.2) is 30.9 Å². The molecule has 0 aromatic carbocycles. The lowest BCUT2D eigenvalue weighted by molar-refractivity contribution is 0.927. The Morgan fingerprint density at radius 2 is 1.85 bits per heavy atom. The number of aromatic nitrogens is 4. The molecule has 1 aliphatic rings. The van der Waals surface area contributed by atoms with E-state index in [-0.39, 0.29) is 4.70 Å². The van der Waals surface area contributed by atoms with Crippen LogP contribution in [-0.2, 0) is 13.5 Å². The van der Waals surface area contributed by atoms with Crippen molar-refractivity contribution >= 4 is 28.4 Å². The number of imidazole rings is 1.